The highest BCUT2D eigenvalue weighted by Crippen LogP contribution is 2.33. The van der Waals surface area contributed by atoms with E-state index in [0.29, 0.717) is 40.9 Å². The molecule has 31 heavy (non-hydrogen) atoms. The molecule has 4 aromatic rings. The molecule has 0 radical (unpaired) electrons. The van der Waals surface area contributed by atoms with Crippen molar-refractivity contribution < 1.29 is 13.5 Å². The molecule has 0 saturated carbocycles. The summed E-state index contributed by atoms with van der Waals surface area (Å²) in [5, 5.41) is 8.89. The molecule has 0 unspecified atom stereocenters. The number of nitrogens with two attached hydrogens (primary N) is 1. The van der Waals surface area contributed by atoms with Gasteiger partial charge in [-0.05, 0) is 55.8 Å². The van der Waals surface area contributed by atoms with Crippen LogP contribution in [0.3, 0.4) is 0 Å². The van der Waals surface area contributed by atoms with Crippen LogP contribution in [0.5, 0.6) is 11.5 Å². The maximum atomic E-state index is 13.9. The molecule has 1 aliphatic heterocycles. The van der Waals surface area contributed by atoms with Gasteiger partial charge in [0.05, 0.1) is 11.9 Å². The zero-order valence-electron chi connectivity index (χ0n) is 16.6. The van der Waals surface area contributed by atoms with E-state index in [2.05, 4.69) is 15.3 Å². The molecule has 1 saturated heterocycles. The smallest absolute Gasteiger partial charge is 0.198 e. The van der Waals surface area contributed by atoms with E-state index in [0.717, 1.165) is 37.1 Å². The Labute approximate surface area is 176 Å². The molecule has 158 valence electrons. The van der Waals surface area contributed by atoms with Crippen LogP contribution >= 0.6 is 0 Å². The molecule has 0 bridgehead atoms. The summed E-state index contributed by atoms with van der Waals surface area (Å²) >= 11 is 0. The molecule has 1 atom stereocenters. The highest BCUT2D eigenvalue weighted by molar-refractivity contribution is 5.98. The third-order valence-corrected chi connectivity index (χ3v) is 5.38. The summed E-state index contributed by atoms with van der Waals surface area (Å²) in [6.07, 6.45) is 3.65. The van der Waals surface area contributed by atoms with Gasteiger partial charge in [-0.15, -0.1) is 0 Å². The van der Waals surface area contributed by atoms with Gasteiger partial charge in [-0.25, -0.2) is 23.4 Å². The molecule has 5 rings (SSSR count). The number of fused-ring (bicyclic) bond motifs is 1. The number of hydrogen-bond acceptors (Lipinski definition) is 6. The van der Waals surface area contributed by atoms with Crippen LogP contribution in [0.2, 0.25) is 0 Å². The normalized spacial score (nSPS) is 16.1. The Morgan fingerprint density at radius 2 is 1.87 bits per heavy atom. The molecular formula is C22H20F2N6O. The number of benzene rings is 2. The van der Waals surface area contributed by atoms with E-state index in [1.807, 2.05) is 4.68 Å². The van der Waals surface area contributed by atoms with E-state index in [4.69, 9.17) is 15.6 Å². The zero-order valence-corrected chi connectivity index (χ0v) is 16.6. The molecule has 9 heteroatoms. The largest absolute Gasteiger partial charge is 0.451 e. The van der Waals surface area contributed by atoms with Crippen molar-refractivity contribution in [3.63, 3.8) is 0 Å². The number of nitrogen functional groups attached to an aromatic ring is 1. The van der Waals surface area contributed by atoms with Crippen LogP contribution in [0.25, 0.3) is 22.3 Å². The van der Waals surface area contributed by atoms with Crippen LogP contribution in [-0.4, -0.2) is 32.3 Å². The summed E-state index contributed by atoms with van der Waals surface area (Å²) in [7, 11) is 0. The predicted octanol–water partition coefficient (Wildman–Crippen LogP) is 3.90. The first-order chi connectivity index (χ1) is 15.1. The monoisotopic (exact) mass is 422 g/mol. The summed E-state index contributed by atoms with van der Waals surface area (Å²) in [6, 6.07) is 10.7. The van der Waals surface area contributed by atoms with Gasteiger partial charge in [-0.3, -0.25) is 0 Å². The Morgan fingerprint density at radius 3 is 2.58 bits per heavy atom. The summed E-state index contributed by atoms with van der Waals surface area (Å²) in [4.78, 5) is 8.52. The van der Waals surface area contributed by atoms with Crippen molar-refractivity contribution in [2.24, 2.45) is 0 Å². The molecule has 1 aliphatic rings. The van der Waals surface area contributed by atoms with Crippen LogP contribution in [-0.2, 0) is 6.54 Å². The topological polar surface area (TPSA) is 90.9 Å². The number of halogens is 2. The lowest BCUT2D eigenvalue weighted by Crippen LogP contribution is -2.27. The van der Waals surface area contributed by atoms with Crippen molar-refractivity contribution in [2.45, 2.75) is 25.4 Å². The van der Waals surface area contributed by atoms with Crippen molar-refractivity contribution >= 4 is 16.9 Å². The molecule has 7 nitrogen and oxygen atoms in total. The van der Waals surface area contributed by atoms with Crippen molar-refractivity contribution in [1.29, 1.82) is 0 Å². The van der Waals surface area contributed by atoms with Crippen LogP contribution in [0.1, 0.15) is 12.8 Å². The molecule has 3 N–H and O–H groups in total. The van der Waals surface area contributed by atoms with Gasteiger partial charge in [-0.1, -0.05) is 6.07 Å². The third kappa shape index (κ3) is 3.68. The van der Waals surface area contributed by atoms with Crippen molar-refractivity contribution in [3.05, 3.63) is 60.4 Å². The minimum Gasteiger partial charge on any atom is -0.451 e. The maximum Gasteiger partial charge on any atom is 0.198 e. The van der Waals surface area contributed by atoms with Crippen molar-refractivity contribution in [3.8, 4) is 22.8 Å². The number of rotatable bonds is 5. The standard InChI is InChI=1S/C22H20F2N6O/c23-16-4-1-5-17(24)20(16)31-15-8-6-13(7-9-15)19-18-21(25)27-12-28-22(18)30(29-19)11-14-3-2-10-26-14/h1,4-9,12,14,26H,2-3,10-11H2,(H2,25,27,28)/t14-/m1/s1. The van der Waals surface area contributed by atoms with Crippen LogP contribution in [0.15, 0.2) is 48.8 Å². The van der Waals surface area contributed by atoms with Gasteiger partial charge < -0.3 is 15.8 Å². The SMILES string of the molecule is Nc1ncnc2c1c(-c1ccc(Oc3c(F)cccc3F)cc1)nn2C[C@H]1CCCN1. The lowest BCUT2D eigenvalue weighted by atomic mass is 10.1. The van der Waals surface area contributed by atoms with Gasteiger partial charge in [0.25, 0.3) is 0 Å². The van der Waals surface area contributed by atoms with Crippen molar-refractivity contribution in [2.75, 3.05) is 12.3 Å². The Balaban J connectivity index is 1.49. The second-order valence-electron chi connectivity index (χ2n) is 7.46. The fourth-order valence-electron chi connectivity index (χ4n) is 3.86. The Hall–Kier alpha value is -3.59. The molecule has 0 aliphatic carbocycles. The van der Waals surface area contributed by atoms with Gasteiger partial charge in [0, 0.05) is 11.6 Å². The quantitative estimate of drug-likeness (QED) is 0.507. The zero-order chi connectivity index (χ0) is 21.4. The first-order valence-electron chi connectivity index (χ1n) is 10.0. The number of ether oxygens (including phenoxy) is 1. The first kappa shape index (κ1) is 19.4. The van der Waals surface area contributed by atoms with Gasteiger partial charge >= 0.3 is 0 Å². The van der Waals surface area contributed by atoms with E-state index in [-0.39, 0.29) is 0 Å². The Bertz CT molecular complexity index is 1210. The lowest BCUT2D eigenvalue weighted by molar-refractivity contribution is 0.407. The van der Waals surface area contributed by atoms with Crippen molar-refractivity contribution in [1.82, 2.24) is 25.1 Å². The highest BCUT2D eigenvalue weighted by atomic mass is 19.1. The molecule has 0 amide bonds. The van der Waals surface area contributed by atoms with Crippen LogP contribution in [0, 0.1) is 11.6 Å². The number of aromatic nitrogens is 4. The van der Waals surface area contributed by atoms with Crippen LogP contribution in [0.4, 0.5) is 14.6 Å². The first-order valence-corrected chi connectivity index (χ1v) is 10.0. The second kappa shape index (κ2) is 7.92. The molecule has 1 fully saturated rings. The van der Waals surface area contributed by atoms with E-state index >= 15 is 0 Å². The summed E-state index contributed by atoms with van der Waals surface area (Å²) < 4.78 is 35.0. The Morgan fingerprint density at radius 1 is 1.10 bits per heavy atom. The van der Waals surface area contributed by atoms with Gasteiger partial charge in [-0.2, -0.15) is 5.10 Å². The minimum absolute atomic E-state index is 0.302. The predicted molar refractivity (Wildman–Crippen MR) is 113 cm³/mol. The van der Waals surface area contributed by atoms with E-state index in [1.165, 1.54) is 12.4 Å². The number of hydrogen-bond donors (Lipinski definition) is 2. The average molecular weight is 422 g/mol. The fraction of sp³-hybridized carbons (Fsp3) is 0.227. The summed E-state index contributed by atoms with van der Waals surface area (Å²) in [6.45, 7) is 1.68. The number of anilines is 1. The number of nitrogens with zero attached hydrogens (tertiary/aromatic N) is 4. The molecule has 2 aromatic heterocycles. The fourth-order valence-corrected chi connectivity index (χ4v) is 3.86. The van der Waals surface area contributed by atoms with Gasteiger partial charge in [0.1, 0.15) is 23.6 Å². The van der Waals surface area contributed by atoms with Gasteiger partial charge in [0.2, 0.25) is 0 Å². The summed E-state index contributed by atoms with van der Waals surface area (Å²) in [5.41, 5.74) is 8.24. The number of nitrogens with one attached hydrogen (secondary N) is 1. The lowest BCUT2D eigenvalue weighted by Gasteiger charge is -2.10. The van der Waals surface area contributed by atoms with E-state index in [1.54, 1.807) is 24.3 Å². The maximum absolute atomic E-state index is 13.9. The van der Waals surface area contributed by atoms with Crippen LogP contribution < -0.4 is 15.8 Å². The Kier molecular flexibility index (Phi) is 4.95. The highest BCUT2D eigenvalue weighted by Gasteiger charge is 2.21. The number of para-hydroxylation sites is 1. The minimum atomic E-state index is -0.765. The molecular weight excluding hydrogens is 402 g/mol. The van der Waals surface area contributed by atoms with Gasteiger partial charge in [0.15, 0.2) is 23.0 Å². The molecule has 3 heterocycles. The second-order valence-corrected chi connectivity index (χ2v) is 7.46. The third-order valence-electron chi connectivity index (χ3n) is 5.38. The van der Waals surface area contributed by atoms with E-state index in [9.17, 15) is 8.78 Å². The summed E-state index contributed by atoms with van der Waals surface area (Å²) in [5.74, 6) is -1.32. The van der Waals surface area contributed by atoms with E-state index < -0.39 is 17.4 Å². The molecule has 0 spiro atoms. The molecule has 2 aromatic carbocycles. The average Bonchev–Trinajstić information content (AvgIpc) is 3.41.